The fraction of sp³-hybridized carbons (Fsp3) is 0.417. The Morgan fingerprint density at radius 1 is 1.53 bits per heavy atom. The Labute approximate surface area is 105 Å². The van der Waals surface area contributed by atoms with Gasteiger partial charge in [0.15, 0.2) is 0 Å². The van der Waals surface area contributed by atoms with Crippen LogP contribution in [0.5, 0.6) is 5.75 Å². The molecule has 1 aliphatic rings. The zero-order chi connectivity index (χ0) is 12.5. The molecule has 1 aromatic rings. The van der Waals surface area contributed by atoms with E-state index in [1.54, 1.807) is 0 Å². The van der Waals surface area contributed by atoms with Crippen LogP contribution >= 0.6 is 11.6 Å². The maximum atomic E-state index is 11.8. The number of carbonyl (C=O) groups is 1. The standard InChI is InChI=1S/C12H15ClN2O2/c13-8-2-3-10(16)9(6-8)11(17)15-7-12(14)4-1-5-12/h2-3,6,16H,1,4-5,7,14H2,(H,15,17). The summed E-state index contributed by atoms with van der Waals surface area (Å²) in [7, 11) is 0. The van der Waals surface area contributed by atoms with Crippen LogP contribution in [0.25, 0.3) is 0 Å². The number of rotatable bonds is 3. The van der Waals surface area contributed by atoms with Crippen LogP contribution in [0, 0.1) is 0 Å². The van der Waals surface area contributed by atoms with E-state index in [1.807, 2.05) is 0 Å². The number of benzene rings is 1. The lowest BCUT2D eigenvalue weighted by atomic mass is 9.78. The van der Waals surface area contributed by atoms with Gasteiger partial charge in [-0.25, -0.2) is 0 Å². The smallest absolute Gasteiger partial charge is 0.255 e. The van der Waals surface area contributed by atoms with Gasteiger partial charge in [-0.3, -0.25) is 4.79 Å². The Kier molecular flexibility index (Phi) is 3.26. The molecule has 4 N–H and O–H groups in total. The number of carbonyl (C=O) groups excluding carboxylic acids is 1. The van der Waals surface area contributed by atoms with Crippen molar-refractivity contribution in [2.45, 2.75) is 24.8 Å². The first-order valence-electron chi connectivity index (χ1n) is 5.56. The van der Waals surface area contributed by atoms with Crippen molar-refractivity contribution < 1.29 is 9.90 Å². The lowest BCUT2D eigenvalue weighted by molar-refractivity contribution is 0.0927. The van der Waals surface area contributed by atoms with E-state index in [1.165, 1.54) is 18.2 Å². The third-order valence-electron chi connectivity index (χ3n) is 3.15. The van der Waals surface area contributed by atoms with Gasteiger partial charge in [-0.2, -0.15) is 0 Å². The molecule has 0 aliphatic heterocycles. The Balaban J connectivity index is 2.01. The van der Waals surface area contributed by atoms with E-state index in [2.05, 4.69) is 5.32 Å². The van der Waals surface area contributed by atoms with E-state index < -0.39 is 0 Å². The molecule has 1 aliphatic carbocycles. The van der Waals surface area contributed by atoms with Crippen molar-refractivity contribution in [3.63, 3.8) is 0 Å². The van der Waals surface area contributed by atoms with Crippen molar-refractivity contribution in [3.8, 4) is 5.75 Å². The number of nitrogens with two attached hydrogens (primary N) is 1. The summed E-state index contributed by atoms with van der Waals surface area (Å²) < 4.78 is 0. The van der Waals surface area contributed by atoms with Gasteiger partial charge in [-0.15, -0.1) is 0 Å². The van der Waals surface area contributed by atoms with Crippen molar-refractivity contribution >= 4 is 17.5 Å². The van der Waals surface area contributed by atoms with Gasteiger partial charge in [-0.1, -0.05) is 11.6 Å². The molecule has 0 atom stereocenters. The van der Waals surface area contributed by atoms with Gasteiger partial charge in [0, 0.05) is 17.1 Å². The van der Waals surface area contributed by atoms with Crippen molar-refractivity contribution in [1.29, 1.82) is 0 Å². The molecule has 4 nitrogen and oxygen atoms in total. The Bertz CT molecular complexity index is 444. The highest BCUT2D eigenvalue weighted by molar-refractivity contribution is 6.31. The van der Waals surface area contributed by atoms with Crippen LogP contribution in [0.3, 0.4) is 0 Å². The van der Waals surface area contributed by atoms with Gasteiger partial charge >= 0.3 is 0 Å². The van der Waals surface area contributed by atoms with E-state index in [4.69, 9.17) is 17.3 Å². The molecule has 2 rings (SSSR count). The number of hydrogen-bond acceptors (Lipinski definition) is 3. The molecule has 0 heterocycles. The number of nitrogens with one attached hydrogen (secondary N) is 1. The largest absolute Gasteiger partial charge is 0.507 e. The second-order valence-electron chi connectivity index (χ2n) is 4.56. The summed E-state index contributed by atoms with van der Waals surface area (Å²) in [6.45, 7) is 0.428. The van der Waals surface area contributed by atoms with Crippen LogP contribution in [0.15, 0.2) is 18.2 Å². The molecule has 5 heteroatoms. The fourth-order valence-corrected chi connectivity index (χ4v) is 2.02. The number of aromatic hydroxyl groups is 1. The molecule has 1 saturated carbocycles. The van der Waals surface area contributed by atoms with E-state index >= 15 is 0 Å². The number of amides is 1. The molecule has 1 amide bonds. The summed E-state index contributed by atoms with van der Waals surface area (Å²) in [5.74, 6) is -0.423. The van der Waals surface area contributed by atoms with Crippen molar-refractivity contribution in [3.05, 3.63) is 28.8 Å². The summed E-state index contributed by atoms with van der Waals surface area (Å²) >= 11 is 5.77. The second-order valence-corrected chi connectivity index (χ2v) is 5.00. The number of hydrogen-bond donors (Lipinski definition) is 3. The number of phenols is 1. The monoisotopic (exact) mass is 254 g/mol. The second kappa shape index (κ2) is 4.55. The maximum absolute atomic E-state index is 11.8. The molecule has 0 saturated heterocycles. The zero-order valence-electron chi connectivity index (χ0n) is 9.37. The Hall–Kier alpha value is -1.26. The molecule has 0 aromatic heterocycles. The Morgan fingerprint density at radius 2 is 2.24 bits per heavy atom. The molecule has 17 heavy (non-hydrogen) atoms. The van der Waals surface area contributed by atoms with Crippen LogP contribution in [0.2, 0.25) is 5.02 Å². The minimum atomic E-state index is -0.346. The van der Waals surface area contributed by atoms with Gasteiger partial charge < -0.3 is 16.2 Å². The van der Waals surface area contributed by atoms with E-state index in [0.29, 0.717) is 11.6 Å². The highest BCUT2D eigenvalue weighted by Gasteiger charge is 2.32. The molecule has 1 aromatic carbocycles. The quantitative estimate of drug-likeness (QED) is 0.768. The number of halogens is 1. The molecule has 0 spiro atoms. The van der Waals surface area contributed by atoms with Crippen LogP contribution in [0.1, 0.15) is 29.6 Å². The van der Waals surface area contributed by atoms with Crippen LogP contribution < -0.4 is 11.1 Å². The van der Waals surface area contributed by atoms with Gasteiger partial charge in [0.25, 0.3) is 5.91 Å². The van der Waals surface area contributed by atoms with Crippen molar-refractivity contribution in [2.75, 3.05) is 6.54 Å². The molecule has 92 valence electrons. The summed E-state index contributed by atoms with van der Waals surface area (Å²) in [5.41, 5.74) is 5.90. The van der Waals surface area contributed by atoms with Crippen LogP contribution in [0.4, 0.5) is 0 Å². The molecule has 0 bridgehead atoms. The first kappa shape index (κ1) is 12.2. The SMILES string of the molecule is NC1(CNC(=O)c2cc(Cl)ccc2O)CCC1. The number of phenolic OH excluding ortho intramolecular Hbond substituents is 1. The topological polar surface area (TPSA) is 75.3 Å². The lowest BCUT2D eigenvalue weighted by Crippen LogP contribution is -2.54. The lowest BCUT2D eigenvalue weighted by Gasteiger charge is -2.38. The molecule has 1 fully saturated rings. The maximum Gasteiger partial charge on any atom is 0.255 e. The van der Waals surface area contributed by atoms with Gasteiger partial charge in [0.05, 0.1) is 5.56 Å². The zero-order valence-corrected chi connectivity index (χ0v) is 10.1. The van der Waals surface area contributed by atoms with Crippen LogP contribution in [-0.2, 0) is 0 Å². The molecular weight excluding hydrogens is 240 g/mol. The third kappa shape index (κ3) is 2.70. The summed E-state index contributed by atoms with van der Waals surface area (Å²) in [4.78, 5) is 11.8. The first-order valence-corrected chi connectivity index (χ1v) is 5.94. The third-order valence-corrected chi connectivity index (χ3v) is 3.39. The summed E-state index contributed by atoms with van der Waals surface area (Å²) in [6, 6.07) is 4.37. The Morgan fingerprint density at radius 3 is 2.82 bits per heavy atom. The molecule has 0 unspecified atom stereocenters. The molecular formula is C12H15ClN2O2. The van der Waals surface area contributed by atoms with Gasteiger partial charge in [0.2, 0.25) is 0 Å². The minimum Gasteiger partial charge on any atom is -0.507 e. The van der Waals surface area contributed by atoms with Crippen LogP contribution in [-0.4, -0.2) is 23.1 Å². The predicted molar refractivity (Wildman–Crippen MR) is 66.2 cm³/mol. The first-order chi connectivity index (χ1) is 8.00. The summed E-state index contributed by atoms with van der Waals surface area (Å²) in [5, 5.41) is 12.7. The average molecular weight is 255 g/mol. The summed E-state index contributed by atoms with van der Waals surface area (Å²) in [6.07, 6.45) is 2.96. The van der Waals surface area contributed by atoms with Gasteiger partial charge in [-0.05, 0) is 37.5 Å². The van der Waals surface area contributed by atoms with Gasteiger partial charge in [0.1, 0.15) is 5.75 Å². The van der Waals surface area contributed by atoms with E-state index in [9.17, 15) is 9.90 Å². The average Bonchev–Trinajstić information content (AvgIpc) is 2.26. The van der Waals surface area contributed by atoms with Crippen molar-refractivity contribution in [1.82, 2.24) is 5.32 Å². The normalized spacial score (nSPS) is 17.3. The predicted octanol–water partition coefficient (Wildman–Crippen LogP) is 1.66. The van der Waals surface area contributed by atoms with E-state index in [-0.39, 0.29) is 22.8 Å². The van der Waals surface area contributed by atoms with E-state index in [0.717, 1.165) is 19.3 Å². The fourth-order valence-electron chi connectivity index (χ4n) is 1.85. The highest BCUT2D eigenvalue weighted by atomic mass is 35.5. The molecule has 0 radical (unpaired) electrons. The highest BCUT2D eigenvalue weighted by Crippen LogP contribution is 2.28. The minimum absolute atomic E-state index is 0.0772. The van der Waals surface area contributed by atoms with Crippen molar-refractivity contribution in [2.24, 2.45) is 5.73 Å².